The fourth-order valence-corrected chi connectivity index (χ4v) is 5.07. The number of hydrogen-bond donors (Lipinski definition) is 2. The molecule has 3 atom stereocenters. The highest BCUT2D eigenvalue weighted by molar-refractivity contribution is 6.31. The van der Waals surface area contributed by atoms with Crippen molar-refractivity contribution in [3.8, 4) is 0 Å². The van der Waals surface area contributed by atoms with E-state index in [0.717, 1.165) is 6.07 Å². The van der Waals surface area contributed by atoms with Crippen LogP contribution in [0.4, 0.5) is 23.2 Å². The summed E-state index contributed by atoms with van der Waals surface area (Å²) in [6, 6.07) is 6.14. The number of aryl methyl sites for hydroxylation is 1. The number of amides is 1. The van der Waals surface area contributed by atoms with Crippen molar-refractivity contribution >= 4 is 34.0 Å². The molecular formula is C23H19ClF4N2O4. The molecule has 34 heavy (non-hydrogen) atoms. The van der Waals surface area contributed by atoms with Crippen molar-refractivity contribution in [1.82, 2.24) is 5.16 Å². The maximum atomic E-state index is 14.3. The molecule has 1 aromatic heterocycles. The second-order valence-electron chi connectivity index (χ2n) is 8.39. The highest BCUT2D eigenvalue weighted by atomic mass is 35.5. The van der Waals surface area contributed by atoms with E-state index in [1.54, 1.807) is 0 Å². The summed E-state index contributed by atoms with van der Waals surface area (Å²) < 4.78 is 61.6. The summed E-state index contributed by atoms with van der Waals surface area (Å²) in [7, 11) is 0. The van der Waals surface area contributed by atoms with Gasteiger partial charge in [-0.25, -0.2) is 9.18 Å². The van der Waals surface area contributed by atoms with Gasteiger partial charge in [-0.1, -0.05) is 23.7 Å². The molecule has 0 saturated carbocycles. The van der Waals surface area contributed by atoms with Gasteiger partial charge in [0.15, 0.2) is 0 Å². The lowest BCUT2D eigenvalue weighted by atomic mass is 9.67. The molecule has 0 saturated heterocycles. The SMILES string of the molecule is Cc1noc(=O)c2ccc(NC(=O)[C@](O)(C3CCc4c(F)ccc(Cl)c4C3C)C(F)(F)F)cc12. The molecule has 0 radical (unpaired) electrons. The number of carbonyl (C=O) groups is 1. The molecule has 180 valence electrons. The molecule has 6 nitrogen and oxygen atoms in total. The zero-order valence-corrected chi connectivity index (χ0v) is 18.7. The summed E-state index contributed by atoms with van der Waals surface area (Å²) in [6.45, 7) is 2.90. The monoisotopic (exact) mass is 498 g/mol. The smallest absolute Gasteiger partial charge is 0.372 e. The van der Waals surface area contributed by atoms with Gasteiger partial charge in [0, 0.05) is 22.0 Å². The van der Waals surface area contributed by atoms with Crippen LogP contribution in [0.5, 0.6) is 0 Å². The average Bonchev–Trinajstić information content (AvgIpc) is 2.77. The van der Waals surface area contributed by atoms with Gasteiger partial charge >= 0.3 is 11.8 Å². The van der Waals surface area contributed by atoms with Gasteiger partial charge in [0.05, 0.1) is 11.1 Å². The quantitative estimate of drug-likeness (QED) is 0.502. The fraction of sp³-hybridized carbons (Fsp3) is 0.348. The molecule has 1 aliphatic rings. The third kappa shape index (κ3) is 3.74. The van der Waals surface area contributed by atoms with Gasteiger partial charge in [-0.15, -0.1) is 0 Å². The highest BCUT2D eigenvalue weighted by Gasteiger charge is 2.65. The lowest BCUT2D eigenvalue weighted by Crippen LogP contribution is -2.61. The van der Waals surface area contributed by atoms with Gasteiger partial charge in [-0.2, -0.15) is 13.2 Å². The van der Waals surface area contributed by atoms with E-state index in [1.165, 1.54) is 38.1 Å². The van der Waals surface area contributed by atoms with Gasteiger partial charge < -0.3 is 14.9 Å². The number of nitrogens with one attached hydrogen (secondary N) is 1. The minimum absolute atomic E-state index is 0.0647. The number of halogens is 5. The molecule has 11 heteroatoms. The Bertz CT molecular complexity index is 1360. The summed E-state index contributed by atoms with van der Waals surface area (Å²) in [4.78, 5) is 24.8. The Morgan fingerprint density at radius 2 is 1.94 bits per heavy atom. The number of benzene rings is 2. The summed E-state index contributed by atoms with van der Waals surface area (Å²) >= 11 is 6.16. The van der Waals surface area contributed by atoms with Crippen molar-refractivity contribution < 1.29 is 32.0 Å². The number of hydrogen-bond acceptors (Lipinski definition) is 5. The number of alkyl halides is 3. The van der Waals surface area contributed by atoms with Crippen LogP contribution in [0.1, 0.15) is 36.1 Å². The summed E-state index contributed by atoms with van der Waals surface area (Å²) in [6.07, 6.45) is -5.77. The van der Waals surface area contributed by atoms with Crippen molar-refractivity contribution in [2.75, 3.05) is 5.32 Å². The van der Waals surface area contributed by atoms with E-state index in [1.807, 2.05) is 0 Å². The molecule has 1 amide bonds. The molecule has 2 unspecified atom stereocenters. The number of fused-ring (bicyclic) bond motifs is 2. The van der Waals surface area contributed by atoms with Crippen molar-refractivity contribution in [3.63, 3.8) is 0 Å². The normalized spacial score (nSPS) is 20.0. The Labute approximate surface area is 195 Å². The summed E-state index contributed by atoms with van der Waals surface area (Å²) in [5, 5.41) is 17.1. The molecule has 2 N–H and O–H groups in total. The minimum atomic E-state index is -5.34. The molecular weight excluding hydrogens is 480 g/mol. The molecule has 0 aliphatic heterocycles. The van der Waals surface area contributed by atoms with Crippen LogP contribution in [0.15, 0.2) is 39.6 Å². The maximum absolute atomic E-state index is 14.3. The standard InChI is InChI=1S/C23H19ClF4N2O4/c1-10-16(6-5-14-18(25)8-7-17(24)19(10)14)22(33,23(26,27)28)21(32)29-12-3-4-13-15(9-12)11(2)30-34-20(13)31/h3-4,7-10,16,33H,5-6H2,1-2H3,(H,29,32)/t10?,16?,22-/m1/s1. The molecule has 1 heterocycles. The lowest BCUT2D eigenvalue weighted by Gasteiger charge is -2.42. The summed E-state index contributed by atoms with van der Waals surface area (Å²) in [5.74, 6) is -5.00. The predicted octanol–water partition coefficient (Wildman–Crippen LogP) is 4.89. The van der Waals surface area contributed by atoms with E-state index in [2.05, 4.69) is 15.0 Å². The van der Waals surface area contributed by atoms with Crippen LogP contribution >= 0.6 is 11.6 Å². The first-order chi connectivity index (χ1) is 15.9. The third-order valence-electron chi connectivity index (χ3n) is 6.48. The largest absolute Gasteiger partial charge is 0.426 e. The van der Waals surface area contributed by atoms with Crippen molar-refractivity contribution in [2.45, 2.75) is 44.4 Å². The zero-order chi connectivity index (χ0) is 25.0. The van der Waals surface area contributed by atoms with E-state index >= 15 is 0 Å². The highest BCUT2D eigenvalue weighted by Crippen LogP contribution is 2.50. The Balaban J connectivity index is 1.74. The minimum Gasteiger partial charge on any atom is -0.372 e. The lowest BCUT2D eigenvalue weighted by molar-refractivity contribution is -0.269. The number of aliphatic hydroxyl groups is 1. The molecule has 4 rings (SSSR count). The Morgan fingerprint density at radius 1 is 1.24 bits per heavy atom. The van der Waals surface area contributed by atoms with E-state index in [-0.39, 0.29) is 51.1 Å². The maximum Gasteiger partial charge on any atom is 0.426 e. The Kier molecular flexibility index (Phi) is 5.93. The van der Waals surface area contributed by atoms with E-state index < -0.39 is 41.0 Å². The van der Waals surface area contributed by atoms with Gasteiger partial charge in [0.25, 0.3) is 5.91 Å². The van der Waals surface area contributed by atoms with E-state index in [4.69, 9.17) is 11.6 Å². The first kappa shape index (κ1) is 24.2. The fourth-order valence-electron chi connectivity index (χ4n) is 4.72. The van der Waals surface area contributed by atoms with Crippen LogP contribution in [0.3, 0.4) is 0 Å². The Morgan fingerprint density at radius 3 is 2.62 bits per heavy atom. The van der Waals surface area contributed by atoms with E-state index in [0.29, 0.717) is 0 Å². The third-order valence-corrected chi connectivity index (χ3v) is 6.81. The van der Waals surface area contributed by atoms with Crippen molar-refractivity contribution in [3.05, 3.63) is 68.4 Å². The molecule has 2 aromatic carbocycles. The number of nitrogens with zero attached hydrogens (tertiary/aromatic N) is 1. The first-order valence-electron chi connectivity index (χ1n) is 10.3. The van der Waals surface area contributed by atoms with Crippen LogP contribution < -0.4 is 10.9 Å². The molecule has 1 aliphatic carbocycles. The molecule has 0 spiro atoms. The first-order valence-corrected chi connectivity index (χ1v) is 10.7. The van der Waals surface area contributed by atoms with Crippen molar-refractivity contribution in [2.24, 2.45) is 5.92 Å². The average molecular weight is 499 g/mol. The summed E-state index contributed by atoms with van der Waals surface area (Å²) in [5.41, 5.74) is -4.01. The topological polar surface area (TPSA) is 92.4 Å². The van der Waals surface area contributed by atoms with Gasteiger partial charge in [-0.05, 0) is 67.1 Å². The van der Waals surface area contributed by atoms with E-state index in [9.17, 15) is 32.3 Å². The van der Waals surface area contributed by atoms with Gasteiger partial charge in [0.2, 0.25) is 5.60 Å². The molecule has 3 aromatic rings. The Hall–Kier alpha value is -2.98. The molecule has 0 fully saturated rings. The number of carbonyl (C=O) groups excluding carboxylic acids is 1. The van der Waals surface area contributed by atoms with Crippen LogP contribution in [0.25, 0.3) is 10.8 Å². The van der Waals surface area contributed by atoms with Gasteiger partial charge in [0.1, 0.15) is 5.82 Å². The van der Waals surface area contributed by atoms with Crippen LogP contribution in [0.2, 0.25) is 5.02 Å². The number of rotatable bonds is 3. The van der Waals surface area contributed by atoms with Crippen LogP contribution in [-0.2, 0) is 11.2 Å². The zero-order valence-electron chi connectivity index (χ0n) is 18.0. The predicted molar refractivity (Wildman–Crippen MR) is 116 cm³/mol. The van der Waals surface area contributed by atoms with Gasteiger partial charge in [-0.3, -0.25) is 4.79 Å². The number of aromatic nitrogens is 1. The second kappa shape index (κ2) is 8.35. The second-order valence-corrected chi connectivity index (χ2v) is 8.80. The van der Waals surface area contributed by atoms with Crippen LogP contribution in [-0.4, -0.2) is 27.9 Å². The van der Waals surface area contributed by atoms with Crippen LogP contribution in [0, 0.1) is 18.7 Å². The van der Waals surface area contributed by atoms with Crippen molar-refractivity contribution in [1.29, 1.82) is 0 Å². The number of anilines is 1. The molecule has 0 bridgehead atoms.